The number of hydroxylamine groups is 2. The molecule has 3 saturated carbocycles. The Morgan fingerprint density at radius 2 is 1.97 bits per heavy atom. The number of carbonyl (C=O) groups excluding carboxylic acids is 2. The van der Waals surface area contributed by atoms with Crippen LogP contribution in [0.15, 0.2) is 48.1 Å². The largest absolute Gasteiger partial charge is 0.390 e. The number of benzene rings is 1. The molecule has 0 amide bonds. The first-order chi connectivity index (χ1) is 18.3. The number of halogens is 3. The minimum atomic E-state index is -2.25. The average molecular weight is 564 g/mol. The molecule has 0 unspecified atom stereocenters. The number of hydrogen-bond acceptors (Lipinski definition) is 6. The highest BCUT2D eigenvalue weighted by Gasteiger charge is 2.73. The van der Waals surface area contributed by atoms with Crippen molar-refractivity contribution in [3.8, 4) is 0 Å². The van der Waals surface area contributed by atoms with E-state index < -0.39 is 69.4 Å². The second kappa shape index (κ2) is 10.2. The van der Waals surface area contributed by atoms with Gasteiger partial charge in [-0.3, -0.25) is 9.59 Å². The van der Waals surface area contributed by atoms with Gasteiger partial charge in [0, 0.05) is 30.3 Å². The minimum Gasteiger partial charge on any atom is -0.390 e. The molecule has 0 aliphatic heterocycles. The van der Waals surface area contributed by atoms with Crippen LogP contribution in [-0.4, -0.2) is 56.8 Å². The van der Waals surface area contributed by atoms with Crippen LogP contribution in [0.3, 0.4) is 0 Å². The van der Waals surface area contributed by atoms with Crippen LogP contribution in [0.5, 0.6) is 0 Å². The van der Waals surface area contributed by atoms with Crippen molar-refractivity contribution in [2.45, 2.75) is 64.5 Å². The Kier molecular flexibility index (Phi) is 7.44. The lowest BCUT2D eigenvalue weighted by Gasteiger charge is -2.62. The first-order valence-corrected chi connectivity index (χ1v) is 14.5. The fourth-order valence-corrected chi connectivity index (χ4v) is 9.28. The summed E-state index contributed by atoms with van der Waals surface area (Å²) in [4.78, 5) is 25.4. The summed E-state index contributed by atoms with van der Waals surface area (Å²) in [7, 11) is 0. The topological polar surface area (TPSA) is 77.8 Å². The average Bonchev–Trinajstić information content (AvgIpc) is 3.13. The normalized spacial score (nSPS) is 41.2. The zero-order valence-electron chi connectivity index (χ0n) is 22.4. The number of thioether (sulfide) groups is 1. The summed E-state index contributed by atoms with van der Waals surface area (Å²) in [5.41, 5.74) is -2.70. The number of hydrogen-bond donors (Lipinski definition) is 2. The van der Waals surface area contributed by atoms with Crippen LogP contribution in [-0.2, 0) is 16.1 Å². The minimum absolute atomic E-state index is 0.0475. The van der Waals surface area contributed by atoms with Crippen molar-refractivity contribution < 1.29 is 33.1 Å². The maximum atomic E-state index is 17.4. The summed E-state index contributed by atoms with van der Waals surface area (Å²) in [6.07, 6.45) is 0.734. The smallest absolute Gasteiger partial charge is 0.195 e. The van der Waals surface area contributed by atoms with E-state index in [-0.39, 0.29) is 31.5 Å². The lowest BCUT2D eigenvalue weighted by atomic mass is 9.45. The van der Waals surface area contributed by atoms with Gasteiger partial charge in [-0.25, -0.2) is 13.2 Å². The van der Waals surface area contributed by atoms with E-state index in [1.54, 1.807) is 0 Å². The van der Waals surface area contributed by atoms with Gasteiger partial charge in [-0.1, -0.05) is 54.6 Å². The van der Waals surface area contributed by atoms with Crippen molar-refractivity contribution in [2.75, 3.05) is 12.6 Å². The van der Waals surface area contributed by atoms with E-state index in [1.807, 2.05) is 38.1 Å². The maximum Gasteiger partial charge on any atom is 0.195 e. The van der Waals surface area contributed by atoms with Gasteiger partial charge in [-0.15, -0.1) is 0 Å². The van der Waals surface area contributed by atoms with E-state index in [4.69, 9.17) is 0 Å². The molecular formula is C30H36F3NO4S. The van der Waals surface area contributed by atoms with Crippen molar-refractivity contribution >= 4 is 22.7 Å². The number of rotatable bonds is 6. The summed E-state index contributed by atoms with van der Waals surface area (Å²) < 4.78 is 46.4. The molecule has 4 aliphatic rings. The third kappa shape index (κ3) is 4.44. The van der Waals surface area contributed by atoms with Crippen LogP contribution in [0.2, 0.25) is 0 Å². The van der Waals surface area contributed by atoms with Gasteiger partial charge in [0.05, 0.1) is 6.10 Å². The molecular weight excluding hydrogens is 527 g/mol. The molecule has 9 atom stereocenters. The Morgan fingerprint density at radius 3 is 2.67 bits per heavy atom. The molecule has 1 aromatic carbocycles. The standard InChI is InChI=1S/C30H36F3NO4S/c1-17-5-4-6-18(9-17)14-34(38)15-19-10-21-22-12-24(32)23-11-20(35)7-8-29(23,3)30(22,33)25(36)13-28(21,2)26(19)27(37)39-16-31/h4-9,11,19,21-22,24-26,36,38H,10,12-16H2,1-3H3/t19-,21-,22-,24-,25-,26+,28-,29-,30-/m0/s1. The summed E-state index contributed by atoms with van der Waals surface area (Å²) in [5.74, 6) is -3.02. The predicted molar refractivity (Wildman–Crippen MR) is 143 cm³/mol. The number of fused-ring (bicyclic) bond motifs is 5. The van der Waals surface area contributed by atoms with Crippen molar-refractivity contribution in [3.05, 3.63) is 59.2 Å². The Morgan fingerprint density at radius 1 is 1.23 bits per heavy atom. The molecule has 9 heteroatoms. The number of allylic oxidation sites excluding steroid dienone is 4. The van der Waals surface area contributed by atoms with Crippen LogP contribution in [0.1, 0.15) is 44.2 Å². The van der Waals surface area contributed by atoms with E-state index in [0.717, 1.165) is 22.3 Å². The molecule has 5 rings (SSSR count). The SMILES string of the molecule is Cc1cccc(CN(O)C[C@@H]2C[C@H]3[C@@H]4C[C@H](F)C5=CC(=O)C=C[C@]5(C)[C@@]4(F)[C@@H](O)C[C@]3(C)[C@H]2C(=O)SCF)c1. The first kappa shape index (κ1) is 28.6. The predicted octanol–water partition coefficient (Wildman–Crippen LogP) is 5.53. The van der Waals surface area contributed by atoms with Gasteiger partial charge < -0.3 is 10.3 Å². The molecule has 0 radical (unpaired) electrons. The Labute approximate surface area is 231 Å². The van der Waals surface area contributed by atoms with E-state index in [9.17, 15) is 24.3 Å². The van der Waals surface area contributed by atoms with Crippen LogP contribution >= 0.6 is 11.8 Å². The highest BCUT2D eigenvalue weighted by Crippen LogP contribution is 2.70. The fraction of sp³-hybridized carbons (Fsp3) is 0.600. The number of aliphatic hydroxyl groups excluding tert-OH is 1. The molecule has 0 saturated heterocycles. The molecule has 3 fully saturated rings. The second-order valence-electron chi connectivity index (χ2n) is 12.3. The van der Waals surface area contributed by atoms with Gasteiger partial charge in [0.25, 0.3) is 0 Å². The molecule has 0 spiro atoms. The van der Waals surface area contributed by atoms with Crippen LogP contribution in [0.4, 0.5) is 13.2 Å². The zero-order chi connectivity index (χ0) is 28.3. The second-order valence-corrected chi connectivity index (χ2v) is 13.2. The van der Waals surface area contributed by atoms with Gasteiger partial charge in [0.1, 0.15) is 12.2 Å². The summed E-state index contributed by atoms with van der Waals surface area (Å²) in [6.45, 7) is 5.63. The van der Waals surface area contributed by atoms with Gasteiger partial charge in [-0.05, 0) is 73.6 Å². The van der Waals surface area contributed by atoms with Gasteiger partial charge in [-0.2, -0.15) is 5.06 Å². The molecule has 2 N–H and O–H groups in total. The number of aryl methyl sites for hydroxylation is 1. The van der Waals surface area contributed by atoms with Gasteiger partial charge in [0.15, 0.2) is 16.6 Å². The highest BCUT2D eigenvalue weighted by molar-refractivity contribution is 8.13. The number of aliphatic hydroxyl groups is 1. The number of nitrogens with zero attached hydrogens (tertiary/aromatic N) is 1. The monoisotopic (exact) mass is 563 g/mol. The molecule has 4 aliphatic carbocycles. The molecule has 212 valence electrons. The third-order valence-corrected chi connectivity index (χ3v) is 10.8. The quantitative estimate of drug-likeness (QED) is 0.443. The Bertz CT molecular complexity index is 1220. The van der Waals surface area contributed by atoms with Crippen LogP contribution < -0.4 is 0 Å². The first-order valence-electron chi connectivity index (χ1n) is 13.5. The molecule has 0 aromatic heterocycles. The summed E-state index contributed by atoms with van der Waals surface area (Å²) in [6, 6.07) is 6.77. The van der Waals surface area contributed by atoms with E-state index in [0.29, 0.717) is 18.2 Å². The Hall–Kier alpha value is -1.94. The molecule has 39 heavy (non-hydrogen) atoms. The van der Waals surface area contributed by atoms with Crippen molar-refractivity contribution in [2.24, 2.45) is 34.5 Å². The third-order valence-electron chi connectivity index (χ3n) is 10.1. The molecule has 5 nitrogen and oxygen atoms in total. The zero-order valence-corrected chi connectivity index (χ0v) is 23.3. The van der Waals surface area contributed by atoms with Gasteiger partial charge in [0.2, 0.25) is 0 Å². The van der Waals surface area contributed by atoms with Crippen molar-refractivity contribution in [1.82, 2.24) is 5.06 Å². The maximum absolute atomic E-state index is 17.4. The Balaban J connectivity index is 1.50. The number of ketones is 1. The number of carbonyl (C=O) groups is 2. The van der Waals surface area contributed by atoms with E-state index in [2.05, 4.69) is 0 Å². The fourth-order valence-electron chi connectivity index (χ4n) is 8.53. The number of alkyl halides is 3. The van der Waals surface area contributed by atoms with Crippen LogP contribution in [0.25, 0.3) is 0 Å². The molecule has 0 bridgehead atoms. The van der Waals surface area contributed by atoms with Crippen LogP contribution in [0, 0.1) is 41.4 Å². The summed E-state index contributed by atoms with van der Waals surface area (Å²) >= 11 is 0.555. The van der Waals surface area contributed by atoms with E-state index in [1.165, 1.54) is 19.1 Å². The lowest BCUT2D eigenvalue weighted by molar-refractivity contribution is -0.201. The van der Waals surface area contributed by atoms with Crippen molar-refractivity contribution in [1.29, 1.82) is 0 Å². The molecule has 1 aromatic rings. The lowest BCUT2D eigenvalue weighted by Crippen LogP contribution is -2.68. The van der Waals surface area contributed by atoms with Gasteiger partial charge >= 0.3 is 0 Å². The summed E-state index contributed by atoms with van der Waals surface area (Å²) in [5, 5.41) is 23.1. The van der Waals surface area contributed by atoms with E-state index >= 15 is 8.78 Å². The molecule has 0 heterocycles. The van der Waals surface area contributed by atoms with Crippen molar-refractivity contribution in [3.63, 3.8) is 0 Å². The highest BCUT2D eigenvalue weighted by atomic mass is 32.2.